The maximum atomic E-state index is 13.6. The standard InChI is InChI=1S/C23H21FN2O2/c1-16-9-10-18-14-19(24)11-12-21(18)26(16)23(28)20-8-5-13-25(22(20)27)15-17-6-3-2-4-7-17/h2-8,11-14,16H,9-10,15H2,1H3/t16-/m0/s1. The van der Waals surface area contributed by atoms with E-state index < -0.39 is 0 Å². The van der Waals surface area contributed by atoms with E-state index in [1.54, 1.807) is 33.9 Å². The van der Waals surface area contributed by atoms with E-state index in [0.29, 0.717) is 18.7 Å². The number of amides is 1. The van der Waals surface area contributed by atoms with Crippen molar-refractivity contribution in [2.75, 3.05) is 4.90 Å². The van der Waals surface area contributed by atoms with Crippen molar-refractivity contribution in [3.8, 4) is 0 Å². The molecule has 0 N–H and O–H groups in total. The molecule has 1 amide bonds. The van der Waals surface area contributed by atoms with Crippen LogP contribution >= 0.6 is 0 Å². The Hall–Kier alpha value is -3.21. The van der Waals surface area contributed by atoms with Gasteiger partial charge in [-0.3, -0.25) is 9.59 Å². The van der Waals surface area contributed by atoms with Crippen molar-refractivity contribution in [3.63, 3.8) is 0 Å². The summed E-state index contributed by atoms with van der Waals surface area (Å²) < 4.78 is 15.2. The highest BCUT2D eigenvalue weighted by atomic mass is 19.1. The van der Waals surface area contributed by atoms with Crippen LogP contribution in [0.5, 0.6) is 0 Å². The lowest BCUT2D eigenvalue weighted by atomic mass is 9.95. The minimum absolute atomic E-state index is 0.0624. The number of pyridine rings is 1. The van der Waals surface area contributed by atoms with Crippen molar-refractivity contribution >= 4 is 11.6 Å². The molecule has 2 aromatic carbocycles. The van der Waals surface area contributed by atoms with Crippen molar-refractivity contribution in [1.29, 1.82) is 0 Å². The normalized spacial score (nSPS) is 15.9. The van der Waals surface area contributed by atoms with Gasteiger partial charge >= 0.3 is 0 Å². The zero-order chi connectivity index (χ0) is 19.7. The highest BCUT2D eigenvalue weighted by Gasteiger charge is 2.30. The van der Waals surface area contributed by atoms with Gasteiger partial charge < -0.3 is 9.47 Å². The first-order valence-corrected chi connectivity index (χ1v) is 9.40. The highest BCUT2D eigenvalue weighted by Crippen LogP contribution is 2.32. The molecule has 1 aromatic heterocycles. The number of aromatic nitrogens is 1. The molecule has 2 heterocycles. The number of halogens is 1. The van der Waals surface area contributed by atoms with Crippen LogP contribution in [0.2, 0.25) is 0 Å². The molecule has 4 rings (SSSR count). The average Bonchev–Trinajstić information content (AvgIpc) is 2.70. The van der Waals surface area contributed by atoms with Crippen molar-refractivity contribution in [3.05, 3.63) is 99.7 Å². The predicted octanol–water partition coefficient (Wildman–Crippen LogP) is 4.02. The first kappa shape index (κ1) is 18.2. The second kappa shape index (κ2) is 7.43. The van der Waals surface area contributed by atoms with E-state index in [4.69, 9.17) is 0 Å². The van der Waals surface area contributed by atoms with Crippen LogP contribution in [0, 0.1) is 5.82 Å². The van der Waals surface area contributed by atoms with E-state index in [1.165, 1.54) is 12.1 Å². The summed E-state index contributed by atoms with van der Waals surface area (Å²) in [7, 11) is 0. The molecule has 0 spiro atoms. The summed E-state index contributed by atoms with van der Waals surface area (Å²) in [5, 5.41) is 0. The van der Waals surface area contributed by atoms with Crippen LogP contribution in [0.15, 0.2) is 71.7 Å². The molecular formula is C23H21FN2O2. The molecule has 0 fully saturated rings. The van der Waals surface area contributed by atoms with E-state index >= 15 is 0 Å². The number of benzene rings is 2. The molecule has 1 aliphatic heterocycles. The Morgan fingerprint density at radius 1 is 1.11 bits per heavy atom. The average molecular weight is 376 g/mol. The highest BCUT2D eigenvalue weighted by molar-refractivity contribution is 6.06. The van der Waals surface area contributed by atoms with Gasteiger partial charge in [0.15, 0.2) is 0 Å². The Bertz CT molecular complexity index is 1080. The molecule has 0 aliphatic carbocycles. The van der Waals surface area contributed by atoms with Gasteiger partial charge in [0.25, 0.3) is 11.5 Å². The van der Waals surface area contributed by atoms with Gasteiger partial charge in [-0.05, 0) is 61.2 Å². The molecule has 1 aliphatic rings. The summed E-state index contributed by atoms with van der Waals surface area (Å²) >= 11 is 0. The second-order valence-corrected chi connectivity index (χ2v) is 7.18. The summed E-state index contributed by atoms with van der Waals surface area (Å²) in [4.78, 5) is 27.9. The number of carbonyl (C=O) groups is 1. The van der Waals surface area contributed by atoms with Crippen LogP contribution < -0.4 is 10.5 Å². The Kier molecular flexibility index (Phi) is 4.82. The van der Waals surface area contributed by atoms with Gasteiger partial charge in [-0.15, -0.1) is 0 Å². The number of nitrogens with zero attached hydrogens (tertiary/aromatic N) is 2. The van der Waals surface area contributed by atoms with E-state index in [1.807, 2.05) is 37.3 Å². The largest absolute Gasteiger partial charge is 0.310 e. The first-order valence-electron chi connectivity index (χ1n) is 9.40. The maximum Gasteiger partial charge on any atom is 0.264 e. The zero-order valence-electron chi connectivity index (χ0n) is 15.6. The van der Waals surface area contributed by atoms with Crippen molar-refractivity contribution in [2.45, 2.75) is 32.4 Å². The topological polar surface area (TPSA) is 42.3 Å². The number of carbonyl (C=O) groups excluding carboxylic acids is 1. The Labute approximate surface area is 162 Å². The van der Waals surface area contributed by atoms with Crippen LogP contribution in [0.25, 0.3) is 0 Å². The van der Waals surface area contributed by atoms with Gasteiger partial charge in [0.05, 0.1) is 6.54 Å². The quantitative estimate of drug-likeness (QED) is 0.693. The second-order valence-electron chi connectivity index (χ2n) is 7.18. The van der Waals surface area contributed by atoms with Crippen molar-refractivity contribution < 1.29 is 9.18 Å². The molecule has 5 heteroatoms. The first-order chi connectivity index (χ1) is 13.5. The molecule has 0 saturated carbocycles. The smallest absolute Gasteiger partial charge is 0.264 e. The molecule has 0 bridgehead atoms. The fourth-order valence-electron chi connectivity index (χ4n) is 3.76. The van der Waals surface area contributed by atoms with Gasteiger partial charge in [-0.1, -0.05) is 30.3 Å². The molecule has 0 saturated heterocycles. The van der Waals surface area contributed by atoms with E-state index in [2.05, 4.69) is 0 Å². The molecule has 28 heavy (non-hydrogen) atoms. The van der Waals surface area contributed by atoms with E-state index in [0.717, 1.165) is 17.5 Å². The predicted molar refractivity (Wildman–Crippen MR) is 107 cm³/mol. The van der Waals surface area contributed by atoms with Gasteiger partial charge in [-0.25, -0.2) is 4.39 Å². The van der Waals surface area contributed by atoms with Gasteiger partial charge in [0.2, 0.25) is 0 Å². The maximum absolute atomic E-state index is 13.6. The van der Waals surface area contributed by atoms with Crippen LogP contribution in [0.1, 0.15) is 34.8 Å². The summed E-state index contributed by atoms with van der Waals surface area (Å²) in [5.74, 6) is -0.655. The lowest BCUT2D eigenvalue weighted by molar-refractivity contribution is 0.0973. The number of aryl methyl sites for hydroxylation is 1. The van der Waals surface area contributed by atoms with Crippen LogP contribution in [0.3, 0.4) is 0 Å². The Balaban J connectivity index is 1.71. The van der Waals surface area contributed by atoms with Crippen LogP contribution in [0.4, 0.5) is 10.1 Å². The van der Waals surface area contributed by atoms with Gasteiger partial charge in [0.1, 0.15) is 11.4 Å². The number of hydrogen-bond acceptors (Lipinski definition) is 2. The molecule has 0 unspecified atom stereocenters. The van der Waals surface area contributed by atoms with Crippen LogP contribution in [-0.2, 0) is 13.0 Å². The van der Waals surface area contributed by atoms with E-state index in [9.17, 15) is 14.0 Å². The molecule has 1 atom stereocenters. The van der Waals surface area contributed by atoms with Crippen molar-refractivity contribution in [2.24, 2.45) is 0 Å². The fraction of sp³-hybridized carbons (Fsp3) is 0.217. The van der Waals surface area contributed by atoms with Crippen molar-refractivity contribution in [1.82, 2.24) is 4.57 Å². The lowest BCUT2D eigenvalue weighted by Crippen LogP contribution is -2.44. The Morgan fingerprint density at radius 2 is 1.89 bits per heavy atom. The third-order valence-electron chi connectivity index (χ3n) is 5.24. The third kappa shape index (κ3) is 3.36. The third-order valence-corrected chi connectivity index (χ3v) is 5.24. The number of anilines is 1. The monoisotopic (exact) mass is 376 g/mol. The summed E-state index contributed by atoms with van der Waals surface area (Å²) in [6.07, 6.45) is 3.13. The van der Waals surface area contributed by atoms with Gasteiger partial charge in [-0.2, -0.15) is 0 Å². The minimum Gasteiger partial charge on any atom is -0.310 e. The molecule has 0 radical (unpaired) electrons. The summed E-state index contributed by atoms with van der Waals surface area (Å²) in [6, 6.07) is 17.3. The molecule has 4 nitrogen and oxygen atoms in total. The minimum atomic E-state index is -0.340. The molecule has 142 valence electrons. The lowest BCUT2D eigenvalue weighted by Gasteiger charge is -2.35. The summed E-state index contributed by atoms with van der Waals surface area (Å²) in [5.41, 5.74) is 2.27. The SMILES string of the molecule is C[C@H]1CCc2cc(F)ccc2N1C(=O)c1cccn(Cc2ccccc2)c1=O. The molecule has 3 aromatic rings. The number of rotatable bonds is 3. The number of hydrogen-bond donors (Lipinski definition) is 0. The molecular weight excluding hydrogens is 355 g/mol. The van der Waals surface area contributed by atoms with E-state index in [-0.39, 0.29) is 28.9 Å². The summed E-state index contributed by atoms with van der Waals surface area (Å²) in [6.45, 7) is 2.35. The zero-order valence-corrected chi connectivity index (χ0v) is 15.6. The van der Waals surface area contributed by atoms with Crippen LogP contribution in [-0.4, -0.2) is 16.5 Å². The van der Waals surface area contributed by atoms with Gasteiger partial charge in [0, 0.05) is 17.9 Å². The Morgan fingerprint density at radius 3 is 2.68 bits per heavy atom. The number of fused-ring (bicyclic) bond motifs is 1. The fourth-order valence-corrected chi connectivity index (χ4v) is 3.76.